The van der Waals surface area contributed by atoms with E-state index in [9.17, 15) is 27.9 Å². The van der Waals surface area contributed by atoms with Gasteiger partial charge in [0.1, 0.15) is 0 Å². The monoisotopic (exact) mass is 463 g/mol. The Kier molecular flexibility index (Phi) is 9.44. The average molecular weight is 464 g/mol. The summed E-state index contributed by atoms with van der Waals surface area (Å²) in [5, 5.41) is 17.5. The van der Waals surface area contributed by atoms with E-state index in [1.54, 1.807) is 22.7 Å². The van der Waals surface area contributed by atoms with Gasteiger partial charge < -0.3 is 19.6 Å². The first-order chi connectivity index (χ1) is 15.0. The summed E-state index contributed by atoms with van der Waals surface area (Å²) in [5.41, 5.74) is 0.710. The summed E-state index contributed by atoms with van der Waals surface area (Å²) in [6.45, 7) is 4.38. The Bertz CT molecular complexity index is 758. The van der Waals surface area contributed by atoms with Crippen LogP contribution in [0.1, 0.15) is 45.2 Å². The van der Waals surface area contributed by atoms with Crippen LogP contribution in [-0.2, 0) is 27.5 Å². The number of likely N-dealkylation sites (N-methyl/N-ethyl adjacent to an activating group) is 1. The van der Waals surface area contributed by atoms with Crippen molar-refractivity contribution in [1.82, 2.24) is 24.8 Å². The molecular formula is C20H32F3N5O4. The van der Waals surface area contributed by atoms with Gasteiger partial charge in [-0.3, -0.25) is 9.59 Å². The van der Waals surface area contributed by atoms with E-state index in [0.717, 1.165) is 0 Å². The van der Waals surface area contributed by atoms with Crippen LogP contribution < -0.4 is 0 Å². The van der Waals surface area contributed by atoms with Crippen molar-refractivity contribution in [2.24, 2.45) is 5.92 Å². The van der Waals surface area contributed by atoms with Crippen LogP contribution >= 0.6 is 0 Å². The van der Waals surface area contributed by atoms with Gasteiger partial charge in [0.25, 0.3) is 0 Å². The largest absolute Gasteiger partial charge is 0.394 e. The molecule has 0 unspecified atom stereocenters. The average Bonchev–Trinajstić information content (AvgIpc) is 3.17. The second-order valence-corrected chi connectivity index (χ2v) is 8.35. The summed E-state index contributed by atoms with van der Waals surface area (Å²) >= 11 is 0. The first kappa shape index (κ1) is 26.0. The molecule has 1 aromatic heterocycles. The first-order valence-electron chi connectivity index (χ1n) is 10.7. The molecule has 2 rings (SSSR count). The van der Waals surface area contributed by atoms with E-state index in [-0.39, 0.29) is 44.5 Å². The van der Waals surface area contributed by atoms with Gasteiger partial charge in [0.05, 0.1) is 43.7 Å². The Morgan fingerprint density at radius 2 is 2.16 bits per heavy atom. The minimum atomic E-state index is -4.40. The molecule has 32 heavy (non-hydrogen) atoms. The molecule has 0 spiro atoms. The van der Waals surface area contributed by atoms with E-state index in [2.05, 4.69) is 10.3 Å². The zero-order valence-electron chi connectivity index (χ0n) is 18.7. The van der Waals surface area contributed by atoms with Gasteiger partial charge in [0.2, 0.25) is 11.8 Å². The van der Waals surface area contributed by atoms with Crippen LogP contribution in [0.4, 0.5) is 13.2 Å². The minimum absolute atomic E-state index is 0.0644. The Morgan fingerprint density at radius 1 is 1.44 bits per heavy atom. The molecule has 0 aliphatic carbocycles. The lowest BCUT2D eigenvalue weighted by Gasteiger charge is -2.35. The van der Waals surface area contributed by atoms with E-state index >= 15 is 0 Å². The number of alkyl halides is 3. The van der Waals surface area contributed by atoms with Crippen LogP contribution in [-0.4, -0.2) is 86.8 Å². The molecule has 2 amide bonds. The second-order valence-electron chi connectivity index (χ2n) is 8.35. The summed E-state index contributed by atoms with van der Waals surface area (Å²) in [6.07, 6.45) is -4.38. The number of carbonyl (C=O) groups is 2. The summed E-state index contributed by atoms with van der Waals surface area (Å²) in [6, 6.07) is -0.401. The summed E-state index contributed by atoms with van der Waals surface area (Å²) < 4.78 is 45.2. The van der Waals surface area contributed by atoms with Gasteiger partial charge in [-0.2, -0.15) is 13.2 Å². The van der Waals surface area contributed by atoms with Crippen LogP contribution in [0.3, 0.4) is 0 Å². The van der Waals surface area contributed by atoms with Gasteiger partial charge >= 0.3 is 6.18 Å². The van der Waals surface area contributed by atoms with Crippen LogP contribution in [0.15, 0.2) is 6.20 Å². The molecule has 1 N–H and O–H groups in total. The topological polar surface area (TPSA) is 101 Å². The molecule has 0 aromatic carbocycles. The molecular weight excluding hydrogens is 431 g/mol. The van der Waals surface area contributed by atoms with Crippen molar-refractivity contribution >= 4 is 11.8 Å². The highest BCUT2D eigenvalue weighted by Crippen LogP contribution is 2.22. The number of aliphatic hydroxyl groups is 1. The molecule has 1 aliphatic rings. The number of fused-ring (bicyclic) bond motifs is 1. The van der Waals surface area contributed by atoms with E-state index in [1.165, 1.54) is 11.9 Å². The number of hydrogen-bond acceptors (Lipinski definition) is 6. The normalized spacial score (nSPS) is 22.0. The number of ether oxygens (including phenoxy) is 1. The van der Waals surface area contributed by atoms with Crippen molar-refractivity contribution in [3.8, 4) is 0 Å². The number of aryl methyl sites for hydroxylation is 1. The van der Waals surface area contributed by atoms with Crippen LogP contribution in [0.5, 0.6) is 0 Å². The Hall–Kier alpha value is -2.21. The molecule has 2 heterocycles. The van der Waals surface area contributed by atoms with Crippen molar-refractivity contribution < 1.29 is 32.6 Å². The number of aliphatic hydroxyl groups excluding tert-OH is 1. The SMILES string of the molecule is C[C@@H]1CN([C@@H](C)CO)C(=O)CCCn2nncc2CO[C@@H]1CN(C)C(=O)CCC(F)(F)F. The molecule has 3 atom stereocenters. The van der Waals surface area contributed by atoms with Crippen molar-refractivity contribution in [2.75, 3.05) is 26.7 Å². The molecule has 0 saturated heterocycles. The van der Waals surface area contributed by atoms with Gasteiger partial charge in [0.15, 0.2) is 0 Å². The van der Waals surface area contributed by atoms with Gasteiger partial charge in [-0.25, -0.2) is 4.68 Å². The third-order valence-electron chi connectivity index (χ3n) is 5.64. The highest BCUT2D eigenvalue weighted by molar-refractivity contribution is 5.76. The number of hydrogen-bond donors (Lipinski definition) is 1. The van der Waals surface area contributed by atoms with Gasteiger partial charge in [-0.15, -0.1) is 5.10 Å². The standard InChI is InChI=1S/C20H32F3N5O4/c1-14-10-27(15(2)12-29)19(31)5-4-8-28-16(9-24-25-28)13-32-17(14)11-26(3)18(30)6-7-20(21,22)23/h9,14-15,17,29H,4-8,10-13H2,1-3H3/t14-,15+,17-/m1/s1. The lowest BCUT2D eigenvalue weighted by Crippen LogP contribution is -2.48. The Labute approximate surface area is 185 Å². The summed E-state index contributed by atoms with van der Waals surface area (Å²) in [4.78, 5) is 27.8. The number of halogens is 3. The number of aromatic nitrogens is 3. The quantitative estimate of drug-likeness (QED) is 0.688. The van der Waals surface area contributed by atoms with E-state index in [0.29, 0.717) is 18.7 Å². The molecule has 0 bridgehead atoms. The minimum Gasteiger partial charge on any atom is -0.394 e. The zero-order chi connectivity index (χ0) is 23.9. The molecule has 0 saturated carbocycles. The van der Waals surface area contributed by atoms with Gasteiger partial charge in [-0.1, -0.05) is 12.1 Å². The molecule has 0 fully saturated rings. The fraction of sp³-hybridized carbons (Fsp3) is 0.800. The molecule has 1 aromatic rings. The smallest absolute Gasteiger partial charge is 0.389 e. The maximum atomic E-state index is 12.8. The number of rotatable bonds is 6. The highest BCUT2D eigenvalue weighted by Gasteiger charge is 2.31. The molecule has 9 nitrogen and oxygen atoms in total. The van der Waals surface area contributed by atoms with Crippen molar-refractivity contribution in [3.63, 3.8) is 0 Å². The van der Waals surface area contributed by atoms with Crippen LogP contribution in [0, 0.1) is 5.92 Å². The third-order valence-corrected chi connectivity index (χ3v) is 5.64. The van der Waals surface area contributed by atoms with Crippen LogP contribution in [0.25, 0.3) is 0 Å². The van der Waals surface area contributed by atoms with Gasteiger partial charge in [-0.05, 0) is 13.3 Å². The van der Waals surface area contributed by atoms with Gasteiger partial charge in [0, 0.05) is 45.4 Å². The fourth-order valence-electron chi connectivity index (χ4n) is 3.56. The molecule has 182 valence electrons. The number of amides is 2. The summed E-state index contributed by atoms with van der Waals surface area (Å²) in [7, 11) is 1.44. The molecule has 0 radical (unpaired) electrons. The second kappa shape index (κ2) is 11.6. The molecule has 12 heteroatoms. The third kappa shape index (κ3) is 7.73. The number of carbonyl (C=O) groups excluding carboxylic acids is 2. The predicted octanol–water partition coefficient (Wildman–Crippen LogP) is 1.60. The Balaban J connectivity index is 2.18. The van der Waals surface area contributed by atoms with Crippen molar-refractivity contribution in [1.29, 1.82) is 0 Å². The maximum Gasteiger partial charge on any atom is 0.389 e. The zero-order valence-corrected chi connectivity index (χ0v) is 18.7. The molecule has 1 aliphatic heterocycles. The van der Waals surface area contributed by atoms with E-state index < -0.39 is 37.1 Å². The van der Waals surface area contributed by atoms with E-state index in [1.807, 2.05) is 6.92 Å². The first-order valence-corrected chi connectivity index (χ1v) is 10.7. The lowest BCUT2D eigenvalue weighted by atomic mass is 10.0. The van der Waals surface area contributed by atoms with Crippen LogP contribution in [0.2, 0.25) is 0 Å². The maximum absolute atomic E-state index is 12.8. The summed E-state index contributed by atoms with van der Waals surface area (Å²) in [5.74, 6) is -1.00. The predicted molar refractivity (Wildman–Crippen MR) is 108 cm³/mol. The Morgan fingerprint density at radius 3 is 2.81 bits per heavy atom. The number of nitrogens with zero attached hydrogens (tertiary/aromatic N) is 5. The lowest BCUT2D eigenvalue weighted by molar-refractivity contribution is -0.150. The highest BCUT2D eigenvalue weighted by atomic mass is 19.4. The fourth-order valence-corrected chi connectivity index (χ4v) is 3.56. The van der Waals surface area contributed by atoms with Crippen molar-refractivity contribution in [2.45, 2.75) is 71.0 Å². The van der Waals surface area contributed by atoms with E-state index in [4.69, 9.17) is 4.74 Å². The van der Waals surface area contributed by atoms with Crippen molar-refractivity contribution in [3.05, 3.63) is 11.9 Å².